The highest BCUT2D eigenvalue weighted by atomic mass is 32.2. The zero-order valence-electron chi connectivity index (χ0n) is 16.4. The van der Waals surface area contributed by atoms with E-state index in [2.05, 4.69) is 32.9 Å². The Morgan fingerprint density at radius 1 is 1.24 bits per heavy atom. The Bertz CT molecular complexity index is 406. The number of allylic oxidation sites excluding steroid dienone is 2. The first kappa shape index (κ1) is 22.6. The van der Waals surface area contributed by atoms with Crippen LogP contribution < -0.4 is 0 Å². The average Bonchev–Trinajstić information content (AvgIpc) is 3.01. The molecule has 0 bridgehead atoms. The van der Waals surface area contributed by atoms with Crippen LogP contribution in [0.2, 0.25) is 0 Å². The van der Waals surface area contributed by atoms with Gasteiger partial charge in [0.1, 0.15) is 0 Å². The van der Waals surface area contributed by atoms with E-state index in [4.69, 9.17) is 5.11 Å². The Hall–Kier alpha value is -0.480. The second kappa shape index (κ2) is 12.0. The van der Waals surface area contributed by atoms with Crippen LogP contribution in [0.1, 0.15) is 78.6 Å². The van der Waals surface area contributed by atoms with E-state index in [0.29, 0.717) is 11.8 Å². The van der Waals surface area contributed by atoms with Gasteiger partial charge in [0.25, 0.3) is 0 Å². The van der Waals surface area contributed by atoms with Gasteiger partial charge >= 0.3 is 5.97 Å². The molecular formula is C21H38O3S. The van der Waals surface area contributed by atoms with Crippen LogP contribution in [0.3, 0.4) is 0 Å². The van der Waals surface area contributed by atoms with Crippen LogP contribution in [-0.2, 0) is 4.79 Å². The molecule has 4 heteroatoms. The molecule has 3 atom stereocenters. The molecule has 1 aliphatic heterocycles. The van der Waals surface area contributed by atoms with E-state index in [1.807, 2.05) is 11.8 Å². The Labute approximate surface area is 158 Å². The Kier molecular flexibility index (Phi) is 10.8. The van der Waals surface area contributed by atoms with Crippen LogP contribution >= 0.6 is 11.8 Å². The molecule has 3 nitrogen and oxygen atoms in total. The van der Waals surface area contributed by atoms with Crippen molar-refractivity contribution in [2.24, 2.45) is 17.3 Å². The number of carboxylic acids is 1. The lowest BCUT2D eigenvalue weighted by Crippen LogP contribution is -2.30. The van der Waals surface area contributed by atoms with Crippen molar-refractivity contribution < 1.29 is 15.0 Å². The molecule has 0 aromatic heterocycles. The number of aliphatic hydroxyl groups excluding tert-OH is 1. The fourth-order valence-electron chi connectivity index (χ4n) is 3.54. The molecule has 0 aromatic carbocycles. The summed E-state index contributed by atoms with van der Waals surface area (Å²) in [5.41, 5.74) is 0.0291. The molecule has 0 aliphatic carbocycles. The third kappa shape index (κ3) is 9.14. The predicted molar refractivity (Wildman–Crippen MR) is 108 cm³/mol. The quantitative estimate of drug-likeness (QED) is 0.331. The smallest absolute Gasteiger partial charge is 0.303 e. The molecular weight excluding hydrogens is 332 g/mol. The number of hydrogen-bond acceptors (Lipinski definition) is 3. The maximum absolute atomic E-state index is 10.6. The minimum Gasteiger partial charge on any atom is -0.481 e. The Balaban J connectivity index is 2.30. The molecule has 1 heterocycles. The molecule has 1 fully saturated rings. The number of rotatable bonds is 13. The Morgan fingerprint density at radius 2 is 1.96 bits per heavy atom. The third-order valence-corrected chi connectivity index (χ3v) is 6.91. The minimum absolute atomic E-state index is 0.0291. The summed E-state index contributed by atoms with van der Waals surface area (Å²) in [6.07, 6.45) is 12.7. The van der Waals surface area contributed by atoms with Crippen LogP contribution in [0.4, 0.5) is 0 Å². The van der Waals surface area contributed by atoms with Gasteiger partial charge in [0, 0.05) is 6.42 Å². The molecule has 1 saturated heterocycles. The second-order valence-electron chi connectivity index (χ2n) is 8.24. The van der Waals surface area contributed by atoms with Crippen molar-refractivity contribution in [1.29, 1.82) is 0 Å². The molecule has 1 unspecified atom stereocenters. The van der Waals surface area contributed by atoms with Crippen molar-refractivity contribution >= 4 is 17.7 Å². The van der Waals surface area contributed by atoms with Crippen molar-refractivity contribution in [3.63, 3.8) is 0 Å². The zero-order valence-corrected chi connectivity index (χ0v) is 17.2. The molecule has 0 spiro atoms. The summed E-state index contributed by atoms with van der Waals surface area (Å²) >= 11 is 2.04. The van der Waals surface area contributed by atoms with Crippen molar-refractivity contribution in [1.82, 2.24) is 0 Å². The highest BCUT2D eigenvalue weighted by Gasteiger charge is 2.31. The van der Waals surface area contributed by atoms with E-state index in [-0.39, 0.29) is 17.9 Å². The first-order chi connectivity index (χ1) is 11.9. The maximum Gasteiger partial charge on any atom is 0.303 e. The molecule has 0 saturated carbocycles. The number of carboxylic acid groups (broad SMARTS) is 1. The van der Waals surface area contributed by atoms with Gasteiger partial charge in [0.15, 0.2) is 0 Å². The second-order valence-corrected chi connectivity index (χ2v) is 9.31. The lowest BCUT2D eigenvalue weighted by atomic mass is 9.78. The van der Waals surface area contributed by atoms with Crippen LogP contribution in [0, 0.1) is 17.3 Å². The van der Waals surface area contributed by atoms with E-state index >= 15 is 0 Å². The topological polar surface area (TPSA) is 57.5 Å². The number of unbranched alkanes of at least 4 members (excludes halogenated alkanes) is 2. The number of carbonyl (C=O) groups is 1. The number of thioether (sulfide) groups is 1. The predicted octanol–water partition coefficient (Wildman–Crippen LogP) is 5.52. The largest absolute Gasteiger partial charge is 0.481 e. The third-order valence-electron chi connectivity index (χ3n) is 5.59. The lowest BCUT2D eigenvalue weighted by molar-refractivity contribution is -0.137. The summed E-state index contributed by atoms with van der Waals surface area (Å²) in [6, 6.07) is 0. The van der Waals surface area contributed by atoms with Gasteiger partial charge in [-0.25, -0.2) is 0 Å². The summed E-state index contributed by atoms with van der Waals surface area (Å²) in [6.45, 7) is 6.61. The van der Waals surface area contributed by atoms with Crippen LogP contribution in [-0.4, -0.2) is 33.8 Å². The van der Waals surface area contributed by atoms with Gasteiger partial charge in [-0.15, -0.1) is 0 Å². The first-order valence-corrected chi connectivity index (χ1v) is 11.1. The van der Waals surface area contributed by atoms with Gasteiger partial charge < -0.3 is 10.2 Å². The van der Waals surface area contributed by atoms with Gasteiger partial charge in [-0.3, -0.25) is 4.79 Å². The highest BCUT2D eigenvalue weighted by molar-refractivity contribution is 7.99. The zero-order chi connectivity index (χ0) is 18.7. The molecule has 0 radical (unpaired) electrons. The van der Waals surface area contributed by atoms with Crippen molar-refractivity contribution in [2.75, 3.05) is 11.5 Å². The summed E-state index contributed by atoms with van der Waals surface area (Å²) in [5.74, 6) is 3.16. The van der Waals surface area contributed by atoms with E-state index in [0.717, 1.165) is 38.5 Å². The monoisotopic (exact) mass is 370 g/mol. The summed E-state index contributed by atoms with van der Waals surface area (Å²) in [7, 11) is 0. The standard InChI is InChI=1S/C21H38O3S/c1-4-5-14-21(2,3)19(22)13-12-18-16-25-15-17(18)10-8-6-7-9-11-20(23)24/h6,8,17-19,22H,4-5,7,9-16H2,1-3H3,(H,23,24)/t17-,18+,19?/m0/s1. The lowest BCUT2D eigenvalue weighted by Gasteiger charge is -2.31. The van der Waals surface area contributed by atoms with E-state index in [1.54, 1.807) is 0 Å². The number of hydrogen-bond donors (Lipinski definition) is 2. The molecule has 146 valence electrons. The maximum atomic E-state index is 10.6. The van der Waals surface area contributed by atoms with Gasteiger partial charge in [0.05, 0.1) is 6.10 Å². The van der Waals surface area contributed by atoms with E-state index in [9.17, 15) is 9.90 Å². The minimum atomic E-state index is -0.707. The molecule has 1 aliphatic rings. The van der Waals surface area contributed by atoms with E-state index < -0.39 is 5.97 Å². The summed E-state index contributed by atoms with van der Waals surface area (Å²) in [4.78, 5) is 10.5. The van der Waals surface area contributed by atoms with Gasteiger partial charge in [-0.2, -0.15) is 11.8 Å². The van der Waals surface area contributed by atoms with Crippen molar-refractivity contribution in [3.05, 3.63) is 12.2 Å². The number of aliphatic carboxylic acids is 1. The molecule has 0 aromatic rings. The fourth-order valence-corrected chi connectivity index (χ4v) is 5.13. The molecule has 1 rings (SSSR count). The van der Waals surface area contributed by atoms with Crippen LogP contribution in [0.15, 0.2) is 12.2 Å². The van der Waals surface area contributed by atoms with Crippen LogP contribution in [0.5, 0.6) is 0 Å². The van der Waals surface area contributed by atoms with Crippen molar-refractivity contribution in [2.45, 2.75) is 84.7 Å². The number of aliphatic hydroxyl groups is 1. The molecule has 25 heavy (non-hydrogen) atoms. The average molecular weight is 371 g/mol. The summed E-state index contributed by atoms with van der Waals surface area (Å²) < 4.78 is 0. The molecule has 0 amide bonds. The van der Waals surface area contributed by atoms with Gasteiger partial charge in [-0.05, 0) is 67.3 Å². The summed E-state index contributed by atoms with van der Waals surface area (Å²) in [5, 5.41) is 19.2. The molecule has 2 N–H and O–H groups in total. The highest BCUT2D eigenvalue weighted by Crippen LogP contribution is 2.38. The van der Waals surface area contributed by atoms with Crippen molar-refractivity contribution in [3.8, 4) is 0 Å². The SMILES string of the molecule is CCCCC(C)(C)C(O)CC[C@@H]1CSC[C@@H]1CC=CCCCC(=O)O. The van der Waals surface area contributed by atoms with E-state index in [1.165, 1.54) is 24.3 Å². The van der Waals surface area contributed by atoms with Gasteiger partial charge in [0.2, 0.25) is 0 Å². The normalized spacial score (nSPS) is 22.6. The fraction of sp³-hybridized carbons (Fsp3) is 0.857. The Morgan fingerprint density at radius 3 is 2.64 bits per heavy atom. The first-order valence-electron chi connectivity index (χ1n) is 9.99. The van der Waals surface area contributed by atoms with Crippen LogP contribution in [0.25, 0.3) is 0 Å². The van der Waals surface area contributed by atoms with Gasteiger partial charge in [-0.1, -0.05) is 45.8 Å².